The molecule has 0 aromatic carbocycles. The van der Waals surface area contributed by atoms with E-state index in [2.05, 4.69) is 10.3 Å². The lowest BCUT2D eigenvalue weighted by atomic mass is 10.2. The Kier molecular flexibility index (Phi) is 3.28. The fourth-order valence-electron chi connectivity index (χ4n) is 1.63. The Labute approximate surface area is 103 Å². The average molecular weight is 254 g/mol. The molecule has 1 amide bonds. The molecule has 2 N–H and O–H groups in total. The number of aliphatic hydroxyl groups is 1. The highest BCUT2D eigenvalue weighted by Gasteiger charge is 2.43. The van der Waals surface area contributed by atoms with Crippen LogP contribution in [-0.4, -0.2) is 37.6 Å². The second-order valence-electron chi connectivity index (χ2n) is 4.46. The van der Waals surface area contributed by atoms with Crippen molar-refractivity contribution in [3.05, 3.63) is 22.6 Å². The first-order chi connectivity index (χ1) is 8.54. The van der Waals surface area contributed by atoms with E-state index >= 15 is 0 Å². The minimum Gasteiger partial charge on any atom is -0.394 e. The van der Waals surface area contributed by atoms with Gasteiger partial charge < -0.3 is 25.1 Å². The molecule has 1 aliphatic rings. The number of imidazole rings is 1. The molecule has 0 radical (unpaired) electrons. The molecule has 0 unspecified atom stereocenters. The maximum Gasteiger partial charge on any atom is 0.381 e. The number of rotatable bonds is 6. The zero-order chi connectivity index (χ0) is 13.2. The van der Waals surface area contributed by atoms with Gasteiger partial charge in [-0.05, 0) is 22.7 Å². The van der Waals surface area contributed by atoms with Gasteiger partial charge in [-0.25, -0.2) is 0 Å². The molecule has 1 aromatic rings. The van der Waals surface area contributed by atoms with Gasteiger partial charge in [-0.3, -0.25) is 4.79 Å². The molecule has 1 saturated carbocycles. The molecule has 0 atom stereocenters. The van der Waals surface area contributed by atoms with E-state index < -0.39 is 10.5 Å². The standard InChI is InChI=1S/C10H14N4O4/c15-6-10(2-3-10)12-9(16)1-4-13-5-8(11-7-13)14(17)18/h5,7,15H,1-4,6H2,(H,12,16). The van der Waals surface area contributed by atoms with Crippen LogP contribution in [0.15, 0.2) is 12.5 Å². The third-order valence-electron chi connectivity index (χ3n) is 2.96. The van der Waals surface area contributed by atoms with Gasteiger partial charge in [0.15, 0.2) is 0 Å². The molecule has 8 nitrogen and oxygen atoms in total. The van der Waals surface area contributed by atoms with Gasteiger partial charge in [0.2, 0.25) is 12.2 Å². The Morgan fingerprint density at radius 3 is 2.89 bits per heavy atom. The molecule has 2 rings (SSSR count). The van der Waals surface area contributed by atoms with Crippen LogP contribution in [0.1, 0.15) is 19.3 Å². The zero-order valence-corrected chi connectivity index (χ0v) is 9.70. The number of aryl methyl sites for hydroxylation is 1. The maximum absolute atomic E-state index is 11.6. The minimum atomic E-state index is -0.582. The van der Waals surface area contributed by atoms with Crippen LogP contribution in [0.5, 0.6) is 0 Å². The Morgan fingerprint density at radius 1 is 1.67 bits per heavy atom. The van der Waals surface area contributed by atoms with Gasteiger partial charge in [0, 0.05) is 13.0 Å². The maximum atomic E-state index is 11.6. The molecular weight excluding hydrogens is 240 g/mol. The van der Waals surface area contributed by atoms with Crippen molar-refractivity contribution in [1.29, 1.82) is 0 Å². The van der Waals surface area contributed by atoms with E-state index in [1.165, 1.54) is 17.1 Å². The van der Waals surface area contributed by atoms with Crippen LogP contribution in [0, 0.1) is 10.1 Å². The molecule has 1 fully saturated rings. The zero-order valence-electron chi connectivity index (χ0n) is 9.70. The molecule has 0 saturated heterocycles. The fraction of sp³-hybridized carbons (Fsp3) is 0.600. The molecule has 98 valence electrons. The van der Waals surface area contributed by atoms with Crippen LogP contribution in [0.25, 0.3) is 0 Å². The van der Waals surface area contributed by atoms with Crippen molar-refractivity contribution in [3.8, 4) is 0 Å². The van der Waals surface area contributed by atoms with Gasteiger partial charge in [-0.2, -0.15) is 0 Å². The largest absolute Gasteiger partial charge is 0.394 e. The highest BCUT2D eigenvalue weighted by Crippen LogP contribution is 2.34. The highest BCUT2D eigenvalue weighted by atomic mass is 16.6. The number of nitro groups is 1. The van der Waals surface area contributed by atoms with Crippen LogP contribution in [-0.2, 0) is 11.3 Å². The van der Waals surface area contributed by atoms with Crippen LogP contribution >= 0.6 is 0 Å². The van der Waals surface area contributed by atoms with E-state index in [0.717, 1.165) is 12.8 Å². The van der Waals surface area contributed by atoms with Crippen LogP contribution in [0.3, 0.4) is 0 Å². The Hall–Kier alpha value is -1.96. The van der Waals surface area contributed by atoms with E-state index in [0.29, 0.717) is 6.54 Å². The number of carbonyl (C=O) groups is 1. The van der Waals surface area contributed by atoms with Gasteiger partial charge in [0.05, 0.1) is 12.1 Å². The summed E-state index contributed by atoms with van der Waals surface area (Å²) in [5.74, 6) is -0.401. The summed E-state index contributed by atoms with van der Waals surface area (Å²) < 4.78 is 1.50. The summed E-state index contributed by atoms with van der Waals surface area (Å²) in [7, 11) is 0. The number of nitrogens with zero attached hydrogens (tertiary/aromatic N) is 3. The topological polar surface area (TPSA) is 110 Å². The normalized spacial score (nSPS) is 16.3. The SMILES string of the molecule is O=C(CCn1cnc([N+](=O)[O-])c1)NC1(CO)CC1. The quantitative estimate of drug-likeness (QED) is 0.540. The molecule has 0 bridgehead atoms. The van der Waals surface area contributed by atoms with Crippen LogP contribution < -0.4 is 5.32 Å². The van der Waals surface area contributed by atoms with Gasteiger partial charge in [-0.1, -0.05) is 0 Å². The summed E-state index contributed by atoms with van der Waals surface area (Å²) in [5, 5.41) is 22.2. The number of hydrogen-bond acceptors (Lipinski definition) is 5. The average Bonchev–Trinajstić information content (AvgIpc) is 2.93. The molecule has 8 heteroatoms. The highest BCUT2D eigenvalue weighted by molar-refractivity contribution is 5.77. The molecule has 1 aliphatic carbocycles. The van der Waals surface area contributed by atoms with Crippen molar-refractivity contribution in [2.45, 2.75) is 31.3 Å². The molecule has 0 aliphatic heterocycles. The number of amides is 1. The molecule has 1 heterocycles. The summed E-state index contributed by atoms with van der Waals surface area (Å²) >= 11 is 0. The number of hydrogen-bond donors (Lipinski definition) is 2. The second-order valence-corrected chi connectivity index (χ2v) is 4.46. The molecular formula is C10H14N4O4. The first kappa shape index (κ1) is 12.5. The molecule has 1 aromatic heterocycles. The van der Waals surface area contributed by atoms with E-state index in [4.69, 9.17) is 5.11 Å². The van der Waals surface area contributed by atoms with Gasteiger partial charge >= 0.3 is 5.82 Å². The molecule has 18 heavy (non-hydrogen) atoms. The van der Waals surface area contributed by atoms with Crippen molar-refractivity contribution < 1.29 is 14.8 Å². The van der Waals surface area contributed by atoms with Gasteiger partial charge in [0.25, 0.3) is 0 Å². The number of aliphatic hydroxyl groups excluding tert-OH is 1. The van der Waals surface area contributed by atoms with E-state index in [1.807, 2.05) is 0 Å². The summed E-state index contributed by atoms with van der Waals surface area (Å²) in [4.78, 5) is 25.0. The lowest BCUT2D eigenvalue weighted by Gasteiger charge is -2.13. The van der Waals surface area contributed by atoms with E-state index in [-0.39, 0.29) is 24.8 Å². The predicted octanol–water partition coefficient (Wildman–Crippen LogP) is -0.178. The summed E-state index contributed by atoms with van der Waals surface area (Å²) in [5.41, 5.74) is -0.419. The predicted molar refractivity (Wildman–Crippen MR) is 60.7 cm³/mol. The van der Waals surface area contributed by atoms with Crippen molar-refractivity contribution in [2.75, 3.05) is 6.61 Å². The first-order valence-corrected chi connectivity index (χ1v) is 5.63. The third kappa shape index (κ3) is 2.83. The summed E-state index contributed by atoms with van der Waals surface area (Å²) in [6.45, 7) is 0.281. The fourth-order valence-corrected chi connectivity index (χ4v) is 1.63. The van der Waals surface area contributed by atoms with Crippen molar-refractivity contribution >= 4 is 11.7 Å². The van der Waals surface area contributed by atoms with Crippen LogP contribution in [0.2, 0.25) is 0 Å². The first-order valence-electron chi connectivity index (χ1n) is 5.63. The van der Waals surface area contributed by atoms with Crippen molar-refractivity contribution in [3.63, 3.8) is 0 Å². The minimum absolute atomic E-state index is 0.0463. The lowest BCUT2D eigenvalue weighted by Crippen LogP contribution is -2.39. The van der Waals surface area contributed by atoms with Crippen molar-refractivity contribution in [2.24, 2.45) is 0 Å². The smallest absolute Gasteiger partial charge is 0.381 e. The van der Waals surface area contributed by atoms with Gasteiger partial charge in [-0.15, -0.1) is 0 Å². The van der Waals surface area contributed by atoms with Gasteiger partial charge in [0.1, 0.15) is 6.20 Å². The summed E-state index contributed by atoms with van der Waals surface area (Å²) in [6, 6.07) is 0. The van der Waals surface area contributed by atoms with Crippen molar-refractivity contribution in [1.82, 2.24) is 14.9 Å². The second kappa shape index (κ2) is 4.73. The van der Waals surface area contributed by atoms with Crippen LogP contribution in [0.4, 0.5) is 5.82 Å². The Balaban J connectivity index is 1.80. The van der Waals surface area contributed by atoms with E-state index in [1.54, 1.807) is 0 Å². The number of aromatic nitrogens is 2. The van der Waals surface area contributed by atoms with E-state index in [9.17, 15) is 14.9 Å². The Morgan fingerprint density at radius 2 is 2.39 bits per heavy atom. The number of nitrogens with one attached hydrogen (secondary N) is 1. The lowest BCUT2D eigenvalue weighted by molar-refractivity contribution is -0.389. The third-order valence-corrected chi connectivity index (χ3v) is 2.96. The molecule has 0 spiro atoms. The Bertz CT molecular complexity index is 466. The number of carbonyl (C=O) groups excluding carboxylic acids is 1. The monoisotopic (exact) mass is 254 g/mol. The summed E-state index contributed by atoms with van der Waals surface area (Å²) in [6.07, 6.45) is 4.41.